The van der Waals surface area contributed by atoms with Gasteiger partial charge in [-0.05, 0) is 42.0 Å². The van der Waals surface area contributed by atoms with Crippen molar-refractivity contribution >= 4 is 28.8 Å². The summed E-state index contributed by atoms with van der Waals surface area (Å²) in [6, 6.07) is 24.6. The second-order valence-electron chi connectivity index (χ2n) is 6.68. The van der Waals surface area contributed by atoms with Gasteiger partial charge >= 0.3 is 0 Å². The molecule has 2 aliphatic rings. The van der Waals surface area contributed by atoms with Gasteiger partial charge in [-0.1, -0.05) is 54.6 Å². The van der Waals surface area contributed by atoms with Gasteiger partial charge in [0.05, 0.1) is 17.3 Å². The van der Waals surface area contributed by atoms with Gasteiger partial charge < -0.3 is 15.4 Å². The molecule has 5 rings (SSSR count). The Balaban J connectivity index is 1.55. The molecular formula is C23H16N2O2S. The quantitative estimate of drug-likeness (QED) is 0.646. The highest BCUT2D eigenvalue weighted by Gasteiger charge is 2.38. The summed E-state index contributed by atoms with van der Waals surface area (Å²) in [7, 11) is 0. The van der Waals surface area contributed by atoms with Crippen molar-refractivity contribution in [3.8, 4) is 11.5 Å². The molecule has 0 aromatic heterocycles. The molecule has 1 atom stereocenters. The lowest BCUT2D eigenvalue weighted by Crippen LogP contribution is -2.43. The van der Waals surface area contributed by atoms with E-state index in [1.54, 1.807) is 0 Å². The van der Waals surface area contributed by atoms with Crippen LogP contribution in [0.1, 0.15) is 27.5 Å². The van der Waals surface area contributed by atoms with E-state index in [2.05, 4.69) is 10.6 Å². The first-order valence-corrected chi connectivity index (χ1v) is 9.40. The first-order chi connectivity index (χ1) is 13.7. The van der Waals surface area contributed by atoms with E-state index < -0.39 is 0 Å². The number of thiocarbonyl (C=S) groups is 1. The maximum Gasteiger partial charge on any atom is 0.194 e. The third kappa shape index (κ3) is 2.77. The molecule has 3 aromatic rings. The fourth-order valence-electron chi connectivity index (χ4n) is 3.70. The first-order valence-electron chi connectivity index (χ1n) is 8.99. The van der Waals surface area contributed by atoms with E-state index in [1.807, 2.05) is 78.9 Å². The number of Topliss-reactive ketones (excluding diaryl/α,β-unsaturated/α-hetero) is 1. The molecular weight excluding hydrogens is 368 g/mol. The highest BCUT2D eigenvalue weighted by atomic mass is 32.1. The van der Waals surface area contributed by atoms with Crippen molar-refractivity contribution in [3.63, 3.8) is 0 Å². The van der Waals surface area contributed by atoms with Gasteiger partial charge in [0, 0.05) is 11.1 Å². The summed E-state index contributed by atoms with van der Waals surface area (Å²) in [6.07, 6.45) is 0. The van der Waals surface area contributed by atoms with Gasteiger partial charge in [0.1, 0.15) is 11.5 Å². The highest BCUT2D eigenvalue weighted by molar-refractivity contribution is 7.80. The van der Waals surface area contributed by atoms with Crippen LogP contribution in [0.5, 0.6) is 11.5 Å². The second-order valence-corrected chi connectivity index (χ2v) is 7.09. The van der Waals surface area contributed by atoms with Crippen molar-refractivity contribution in [3.05, 3.63) is 101 Å². The molecule has 0 saturated carbocycles. The molecule has 1 aliphatic carbocycles. The van der Waals surface area contributed by atoms with Gasteiger partial charge in [0.25, 0.3) is 0 Å². The molecule has 1 aliphatic heterocycles. The summed E-state index contributed by atoms with van der Waals surface area (Å²) in [5.74, 6) is 1.49. The zero-order valence-corrected chi connectivity index (χ0v) is 15.6. The number of fused-ring (bicyclic) bond motifs is 2. The Hall–Kier alpha value is -3.44. The van der Waals surface area contributed by atoms with Crippen molar-refractivity contribution in [2.24, 2.45) is 0 Å². The SMILES string of the molecule is O=C1C2=C(NC(=S)NC2c2cccc(Oc3ccccc3)c2)c2ccccc21. The van der Waals surface area contributed by atoms with Crippen LogP contribution in [0, 0.1) is 0 Å². The maximum absolute atomic E-state index is 13.1. The molecule has 2 N–H and O–H groups in total. The van der Waals surface area contributed by atoms with Crippen LogP contribution < -0.4 is 15.4 Å². The fraction of sp³-hybridized carbons (Fsp3) is 0.0435. The van der Waals surface area contributed by atoms with Crippen LogP contribution in [0.2, 0.25) is 0 Å². The van der Waals surface area contributed by atoms with Crippen molar-refractivity contribution in [2.75, 3.05) is 0 Å². The second kappa shape index (κ2) is 6.62. The van der Waals surface area contributed by atoms with Crippen molar-refractivity contribution < 1.29 is 9.53 Å². The largest absolute Gasteiger partial charge is 0.457 e. The van der Waals surface area contributed by atoms with E-state index in [1.165, 1.54) is 0 Å². The number of ether oxygens (including phenoxy) is 1. The topological polar surface area (TPSA) is 50.4 Å². The van der Waals surface area contributed by atoms with Crippen molar-refractivity contribution in [1.82, 2.24) is 10.6 Å². The summed E-state index contributed by atoms with van der Waals surface area (Å²) < 4.78 is 5.96. The number of benzene rings is 3. The molecule has 0 spiro atoms. The van der Waals surface area contributed by atoms with Gasteiger partial charge in [0.15, 0.2) is 10.9 Å². The zero-order chi connectivity index (χ0) is 19.1. The van der Waals surface area contributed by atoms with E-state index in [4.69, 9.17) is 17.0 Å². The number of nitrogens with one attached hydrogen (secondary N) is 2. The average Bonchev–Trinajstić information content (AvgIpc) is 3.01. The third-order valence-electron chi connectivity index (χ3n) is 4.93. The summed E-state index contributed by atoms with van der Waals surface area (Å²) >= 11 is 5.41. The molecule has 5 heteroatoms. The summed E-state index contributed by atoms with van der Waals surface area (Å²) in [5.41, 5.74) is 4.00. The lowest BCUT2D eigenvalue weighted by Gasteiger charge is -2.28. The minimum Gasteiger partial charge on any atom is -0.457 e. The van der Waals surface area contributed by atoms with E-state index in [-0.39, 0.29) is 11.8 Å². The third-order valence-corrected chi connectivity index (χ3v) is 5.15. The van der Waals surface area contributed by atoms with Gasteiger partial charge in [0.2, 0.25) is 0 Å². The molecule has 0 bridgehead atoms. The Kier molecular flexibility index (Phi) is 3.95. The molecule has 0 amide bonds. The van der Waals surface area contributed by atoms with E-state index in [9.17, 15) is 4.79 Å². The zero-order valence-electron chi connectivity index (χ0n) is 14.8. The average molecular weight is 384 g/mol. The Morgan fingerprint density at radius 2 is 1.54 bits per heavy atom. The minimum absolute atomic E-state index is 0.0208. The normalized spacial score (nSPS) is 17.5. The van der Waals surface area contributed by atoms with Crippen LogP contribution in [0.15, 0.2) is 84.4 Å². The Morgan fingerprint density at radius 1 is 0.821 bits per heavy atom. The van der Waals surface area contributed by atoms with Crippen LogP contribution >= 0.6 is 12.2 Å². The van der Waals surface area contributed by atoms with Gasteiger partial charge in [-0.25, -0.2) is 0 Å². The molecule has 28 heavy (non-hydrogen) atoms. The number of rotatable bonds is 3. The van der Waals surface area contributed by atoms with Crippen LogP contribution in [0.25, 0.3) is 5.70 Å². The number of carbonyl (C=O) groups is 1. The fourth-order valence-corrected chi connectivity index (χ4v) is 3.92. The van der Waals surface area contributed by atoms with Gasteiger partial charge in [-0.2, -0.15) is 0 Å². The maximum atomic E-state index is 13.1. The first kappa shape index (κ1) is 16.7. The summed E-state index contributed by atoms with van der Waals surface area (Å²) in [6.45, 7) is 0. The lowest BCUT2D eigenvalue weighted by atomic mass is 9.94. The minimum atomic E-state index is -0.331. The summed E-state index contributed by atoms with van der Waals surface area (Å²) in [4.78, 5) is 13.1. The molecule has 1 heterocycles. The lowest BCUT2D eigenvalue weighted by molar-refractivity contribution is 0.103. The smallest absolute Gasteiger partial charge is 0.194 e. The van der Waals surface area contributed by atoms with Crippen LogP contribution in [-0.4, -0.2) is 10.9 Å². The molecule has 4 nitrogen and oxygen atoms in total. The molecule has 1 unspecified atom stereocenters. The van der Waals surface area contributed by atoms with E-state index in [0.717, 1.165) is 22.6 Å². The molecule has 0 radical (unpaired) electrons. The van der Waals surface area contributed by atoms with E-state index >= 15 is 0 Å². The predicted molar refractivity (Wildman–Crippen MR) is 112 cm³/mol. The molecule has 0 saturated heterocycles. The number of hydrogen-bond donors (Lipinski definition) is 2. The Labute approximate surface area is 167 Å². The number of carbonyl (C=O) groups excluding carboxylic acids is 1. The van der Waals surface area contributed by atoms with Crippen molar-refractivity contribution in [2.45, 2.75) is 6.04 Å². The predicted octanol–water partition coefficient (Wildman–Crippen LogP) is 4.61. The Morgan fingerprint density at radius 3 is 2.36 bits per heavy atom. The number of para-hydroxylation sites is 1. The highest BCUT2D eigenvalue weighted by Crippen LogP contribution is 2.40. The summed E-state index contributed by atoms with van der Waals surface area (Å²) in [5, 5.41) is 6.92. The molecule has 0 fully saturated rings. The molecule has 3 aromatic carbocycles. The van der Waals surface area contributed by atoms with Crippen LogP contribution in [-0.2, 0) is 0 Å². The van der Waals surface area contributed by atoms with Crippen molar-refractivity contribution in [1.29, 1.82) is 0 Å². The van der Waals surface area contributed by atoms with Crippen LogP contribution in [0.3, 0.4) is 0 Å². The van der Waals surface area contributed by atoms with Crippen LogP contribution in [0.4, 0.5) is 0 Å². The standard InChI is InChI=1S/C23H16N2O2S/c26-22-18-12-5-4-11-17(18)21-19(22)20(24-23(28)25-21)14-7-6-10-16(13-14)27-15-8-2-1-3-9-15/h1-13,20H,(H2,24,25,28). The van der Waals surface area contributed by atoms with Gasteiger partial charge in [-0.3, -0.25) is 4.79 Å². The van der Waals surface area contributed by atoms with Gasteiger partial charge in [-0.15, -0.1) is 0 Å². The number of ketones is 1. The number of hydrogen-bond acceptors (Lipinski definition) is 3. The van der Waals surface area contributed by atoms with E-state index in [0.29, 0.717) is 22.0 Å². The molecule has 136 valence electrons. The Bertz CT molecular complexity index is 1140. The monoisotopic (exact) mass is 384 g/mol.